The van der Waals surface area contributed by atoms with E-state index in [1.165, 1.54) is 4.88 Å². The maximum atomic E-state index is 5.64. The van der Waals surface area contributed by atoms with Crippen molar-refractivity contribution in [2.45, 2.75) is 52.2 Å². The minimum atomic E-state index is -0.108. The van der Waals surface area contributed by atoms with Crippen molar-refractivity contribution in [3.05, 3.63) is 15.6 Å². The van der Waals surface area contributed by atoms with E-state index < -0.39 is 0 Å². The van der Waals surface area contributed by atoms with E-state index in [4.69, 9.17) is 10.6 Å². The normalized spacial score (nSPS) is 14.0. The molecule has 0 aromatic carbocycles. The van der Waals surface area contributed by atoms with Crippen molar-refractivity contribution in [1.82, 2.24) is 10.4 Å². The lowest BCUT2D eigenvalue weighted by molar-refractivity contribution is 0.0117. The maximum Gasteiger partial charge on any atom is 0.0900 e. The summed E-state index contributed by atoms with van der Waals surface area (Å²) in [6, 6.07) is 0.163. The highest BCUT2D eigenvalue weighted by Gasteiger charge is 2.22. The van der Waals surface area contributed by atoms with Crippen molar-refractivity contribution in [3.8, 4) is 0 Å². The molecule has 0 saturated heterocycles. The van der Waals surface area contributed by atoms with Crippen LogP contribution in [0.25, 0.3) is 0 Å². The zero-order valence-electron chi connectivity index (χ0n) is 11.3. The molecule has 0 aliphatic heterocycles. The van der Waals surface area contributed by atoms with Gasteiger partial charge in [0.1, 0.15) is 0 Å². The molecule has 4 nitrogen and oxygen atoms in total. The van der Waals surface area contributed by atoms with E-state index >= 15 is 0 Å². The Labute approximate surface area is 108 Å². The second-order valence-corrected chi connectivity index (χ2v) is 6.14. The SMILES string of the molecule is COC(C)(C)CCC(NN)c1sc(C)nc1C. The van der Waals surface area contributed by atoms with Gasteiger partial charge < -0.3 is 4.74 Å². The van der Waals surface area contributed by atoms with Gasteiger partial charge in [0.2, 0.25) is 0 Å². The van der Waals surface area contributed by atoms with Gasteiger partial charge in [-0.05, 0) is 40.5 Å². The zero-order chi connectivity index (χ0) is 13.1. The molecule has 17 heavy (non-hydrogen) atoms. The lowest BCUT2D eigenvalue weighted by Gasteiger charge is -2.25. The van der Waals surface area contributed by atoms with Crippen LogP contribution in [0.2, 0.25) is 0 Å². The van der Waals surface area contributed by atoms with Crippen LogP contribution in [0.3, 0.4) is 0 Å². The van der Waals surface area contributed by atoms with E-state index in [1.807, 2.05) is 13.8 Å². The number of aromatic nitrogens is 1. The Morgan fingerprint density at radius 1 is 1.47 bits per heavy atom. The van der Waals surface area contributed by atoms with Gasteiger partial charge in [0.25, 0.3) is 0 Å². The van der Waals surface area contributed by atoms with Crippen LogP contribution in [-0.2, 0) is 4.74 Å². The van der Waals surface area contributed by atoms with Crippen molar-refractivity contribution in [2.75, 3.05) is 7.11 Å². The molecule has 3 N–H and O–H groups in total. The summed E-state index contributed by atoms with van der Waals surface area (Å²) in [5, 5.41) is 1.09. The summed E-state index contributed by atoms with van der Waals surface area (Å²) < 4.78 is 5.42. The Morgan fingerprint density at radius 2 is 2.12 bits per heavy atom. The molecule has 1 unspecified atom stereocenters. The second kappa shape index (κ2) is 5.91. The maximum absolute atomic E-state index is 5.64. The average Bonchev–Trinajstić information content (AvgIpc) is 2.59. The first-order chi connectivity index (χ1) is 7.89. The smallest absolute Gasteiger partial charge is 0.0900 e. The van der Waals surface area contributed by atoms with Gasteiger partial charge in [-0.15, -0.1) is 11.3 Å². The molecule has 0 fully saturated rings. The largest absolute Gasteiger partial charge is 0.379 e. The van der Waals surface area contributed by atoms with Gasteiger partial charge in [-0.2, -0.15) is 0 Å². The van der Waals surface area contributed by atoms with Crippen LogP contribution in [0.4, 0.5) is 0 Å². The number of hydrogen-bond donors (Lipinski definition) is 2. The monoisotopic (exact) mass is 257 g/mol. The molecule has 5 heteroatoms. The summed E-state index contributed by atoms with van der Waals surface area (Å²) in [5.74, 6) is 5.64. The molecule has 1 aromatic heterocycles. The third-order valence-electron chi connectivity index (χ3n) is 3.04. The molecular formula is C12H23N3OS. The van der Waals surface area contributed by atoms with Crippen LogP contribution in [0.5, 0.6) is 0 Å². The highest BCUT2D eigenvalue weighted by Crippen LogP contribution is 2.29. The molecule has 0 bridgehead atoms. The first kappa shape index (κ1) is 14.6. The van der Waals surface area contributed by atoms with E-state index in [0.717, 1.165) is 23.5 Å². The fourth-order valence-corrected chi connectivity index (χ4v) is 2.78. The third kappa shape index (κ3) is 4.03. The number of thiazole rings is 1. The van der Waals surface area contributed by atoms with Crippen LogP contribution < -0.4 is 11.3 Å². The molecule has 0 aliphatic carbocycles. The summed E-state index contributed by atoms with van der Waals surface area (Å²) in [7, 11) is 1.74. The van der Waals surface area contributed by atoms with E-state index in [2.05, 4.69) is 24.3 Å². The van der Waals surface area contributed by atoms with Crippen molar-refractivity contribution in [2.24, 2.45) is 5.84 Å². The van der Waals surface area contributed by atoms with E-state index in [-0.39, 0.29) is 11.6 Å². The quantitative estimate of drug-likeness (QED) is 0.607. The number of nitrogens with one attached hydrogen (secondary N) is 1. The molecule has 1 atom stereocenters. The fourth-order valence-electron chi connectivity index (χ4n) is 1.75. The molecule has 98 valence electrons. The highest BCUT2D eigenvalue weighted by molar-refractivity contribution is 7.11. The number of nitrogens with zero attached hydrogens (tertiary/aromatic N) is 1. The Kier molecular flexibility index (Phi) is 5.06. The predicted octanol–water partition coefficient (Wildman–Crippen LogP) is 2.47. The Morgan fingerprint density at radius 3 is 2.53 bits per heavy atom. The van der Waals surface area contributed by atoms with Crippen molar-refractivity contribution in [1.29, 1.82) is 0 Å². The number of aryl methyl sites for hydroxylation is 2. The Hall–Kier alpha value is -0.490. The molecule has 1 aromatic rings. The lowest BCUT2D eigenvalue weighted by atomic mass is 9.98. The lowest BCUT2D eigenvalue weighted by Crippen LogP contribution is -2.31. The zero-order valence-corrected chi connectivity index (χ0v) is 12.1. The Bertz CT molecular complexity index is 363. The number of hydrazine groups is 1. The van der Waals surface area contributed by atoms with Gasteiger partial charge in [-0.3, -0.25) is 11.3 Å². The number of nitrogens with two attached hydrogens (primary N) is 1. The van der Waals surface area contributed by atoms with E-state index in [9.17, 15) is 0 Å². The van der Waals surface area contributed by atoms with Gasteiger partial charge in [-0.1, -0.05) is 0 Å². The van der Waals surface area contributed by atoms with Gasteiger partial charge in [0.15, 0.2) is 0 Å². The minimum Gasteiger partial charge on any atom is -0.379 e. The molecule has 0 radical (unpaired) electrons. The minimum absolute atomic E-state index is 0.108. The summed E-state index contributed by atoms with van der Waals surface area (Å²) in [5.41, 5.74) is 3.85. The fraction of sp³-hybridized carbons (Fsp3) is 0.750. The topological polar surface area (TPSA) is 60.2 Å². The van der Waals surface area contributed by atoms with Crippen LogP contribution in [-0.4, -0.2) is 17.7 Å². The van der Waals surface area contributed by atoms with Crippen molar-refractivity contribution in [3.63, 3.8) is 0 Å². The number of hydrogen-bond acceptors (Lipinski definition) is 5. The molecule has 1 heterocycles. The summed E-state index contributed by atoms with van der Waals surface area (Å²) in [4.78, 5) is 5.67. The Balaban J connectivity index is 2.70. The molecule has 0 spiro atoms. The summed E-state index contributed by atoms with van der Waals surface area (Å²) in [6.45, 7) is 8.23. The van der Waals surface area contributed by atoms with Crippen LogP contribution in [0.1, 0.15) is 48.3 Å². The first-order valence-electron chi connectivity index (χ1n) is 5.85. The van der Waals surface area contributed by atoms with Gasteiger partial charge in [0.05, 0.1) is 22.3 Å². The average molecular weight is 257 g/mol. The van der Waals surface area contributed by atoms with Crippen LogP contribution in [0.15, 0.2) is 0 Å². The molecule has 1 rings (SSSR count). The van der Waals surface area contributed by atoms with Gasteiger partial charge in [0, 0.05) is 12.0 Å². The van der Waals surface area contributed by atoms with E-state index in [1.54, 1.807) is 18.4 Å². The number of ether oxygens (including phenoxy) is 1. The summed E-state index contributed by atoms with van der Waals surface area (Å²) in [6.07, 6.45) is 1.90. The first-order valence-corrected chi connectivity index (χ1v) is 6.66. The van der Waals surface area contributed by atoms with E-state index in [0.29, 0.717) is 0 Å². The molecule has 0 saturated carbocycles. The standard InChI is InChI=1S/C12H23N3OS/c1-8-11(17-9(2)14-8)10(15-13)6-7-12(3,4)16-5/h10,15H,6-7,13H2,1-5H3. The number of methoxy groups -OCH3 is 1. The van der Waals surface area contributed by atoms with Crippen molar-refractivity contribution < 1.29 is 4.74 Å². The van der Waals surface area contributed by atoms with Gasteiger partial charge in [-0.25, -0.2) is 4.98 Å². The molecule has 0 amide bonds. The van der Waals surface area contributed by atoms with Crippen LogP contribution >= 0.6 is 11.3 Å². The second-order valence-electron chi connectivity index (χ2n) is 4.90. The summed E-state index contributed by atoms with van der Waals surface area (Å²) >= 11 is 1.71. The third-order valence-corrected chi connectivity index (χ3v) is 4.23. The highest BCUT2D eigenvalue weighted by atomic mass is 32.1. The van der Waals surface area contributed by atoms with Crippen LogP contribution in [0, 0.1) is 13.8 Å². The molecular weight excluding hydrogens is 234 g/mol. The van der Waals surface area contributed by atoms with Gasteiger partial charge >= 0.3 is 0 Å². The number of rotatable bonds is 6. The predicted molar refractivity (Wildman–Crippen MR) is 72.0 cm³/mol. The van der Waals surface area contributed by atoms with Crippen molar-refractivity contribution >= 4 is 11.3 Å². The molecule has 0 aliphatic rings.